The highest BCUT2D eigenvalue weighted by Crippen LogP contribution is 2.17. The number of hydrogen-bond acceptors (Lipinski definition) is 2. The van der Waals surface area contributed by atoms with Crippen LogP contribution in [0.4, 0.5) is 0 Å². The summed E-state index contributed by atoms with van der Waals surface area (Å²) >= 11 is 0. The normalized spacial score (nSPS) is 11.3. The Hall–Kier alpha value is -2.04. The molecule has 0 atom stereocenters. The molecule has 20 heavy (non-hydrogen) atoms. The fourth-order valence-corrected chi connectivity index (χ4v) is 2.43. The number of unbranched alkanes of at least 4 members (excludes halogenated alkanes) is 1. The van der Waals surface area contributed by atoms with Gasteiger partial charge in [0, 0.05) is 6.54 Å². The second-order valence-corrected chi connectivity index (χ2v) is 5.48. The van der Waals surface area contributed by atoms with Crippen LogP contribution in [0, 0.1) is 5.92 Å². The summed E-state index contributed by atoms with van der Waals surface area (Å²) < 4.78 is 1.54. The van der Waals surface area contributed by atoms with Crippen molar-refractivity contribution in [2.24, 2.45) is 5.92 Å². The van der Waals surface area contributed by atoms with Crippen LogP contribution in [-0.4, -0.2) is 20.6 Å². The monoisotopic (exact) mass is 276 g/mol. The minimum absolute atomic E-state index is 0.171. The Labute approximate surface area is 117 Å². The highest BCUT2D eigenvalue weighted by atomic mass is 16.4. The maximum absolute atomic E-state index is 12.0. The first-order valence-electron chi connectivity index (χ1n) is 6.95. The Bertz CT molecular complexity index is 667. The van der Waals surface area contributed by atoms with Crippen molar-refractivity contribution in [2.75, 3.05) is 0 Å². The average molecular weight is 276 g/mol. The smallest absolute Gasteiger partial charge is 0.337 e. The number of fused-ring (bicyclic) bond motifs is 1. The highest BCUT2D eigenvalue weighted by Gasteiger charge is 2.14. The maximum Gasteiger partial charge on any atom is 0.337 e. The molecular formula is C15H20N2O3. The number of aromatic nitrogens is 2. The fraction of sp³-hybridized carbons (Fsp3) is 0.467. The zero-order chi connectivity index (χ0) is 14.7. The first-order chi connectivity index (χ1) is 9.50. The van der Waals surface area contributed by atoms with Gasteiger partial charge < -0.3 is 10.1 Å². The van der Waals surface area contributed by atoms with Crippen molar-refractivity contribution < 1.29 is 9.90 Å². The van der Waals surface area contributed by atoms with Crippen molar-refractivity contribution in [3.05, 3.63) is 34.2 Å². The van der Waals surface area contributed by atoms with E-state index in [1.165, 1.54) is 6.07 Å². The van der Waals surface area contributed by atoms with E-state index in [1.807, 2.05) is 0 Å². The van der Waals surface area contributed by atoms with Crippen molar-refractivity contribution in [2.45, 2.75) is 39.7 Å². The lowest BCUT2D eigenvalue weighted by atomic mass is 10.1. The lowest BCUT2D eigenvalue weighted by Crippen LogP contribution is -2.18. The Balaban J connectivity index is 2.30. The number of H-pyrrole nitrogens is 1. The number of benzene rings is 1. The van der Waals surface area contributed by atoms with Crippen LogP contribution in [0.15, 0.2) is 23.0 Å². The van der Waals surface area contributed by atoms with E-state index in [0.29, 0.717) is 23.5 Å². The number of carbonyl (C=O) groups is 1. The van der Waals surface area contributed by atoms with E-state index >= 15 is 0 Å². The molecule has 0 aliphatic heterocycles. The van der Waals surface area contributed by atoms with Gasteiger partial charge in [-0.25, -0.2) is 9.59 Å². The Morgan fingerprint density at radius 3 is 2.75 bits per heavy atom. The molecule has 0 radical (unpaired) electrons. The number of rotatable bonds is 6. The van der Waals surface area contributed by atoms with Crippen LogP contribution in [0.1, 0.15) is 43.5 Å². The Kier molecular flexibility index (Phi) is 4.27. The molecule has 0 aliphatic rings. The SMILES string of the molecule is CC(C)CCCCn1c(=O)[nH]c2cccc(C(=O)O)c21. The summed E-state index contributed by atoms with van der Waals surface area (Å²) in [4.78, 5) is 25.9. The van der Waals surface area contributed by atoms with E-state index < -0.39 is 5.97 Å². The molecule has 2 N–H and O–H groups in total. The molecule has 2 rings (SSSR count). The van der Waals surface area contributed by atoms with E-state index in [1.54, 1.807) is 16.7 Å². The molecule has 0 fully saturated rings. The van der Waals surface area contributed by atoms with E-state index in [4.69, 9.17) is 0 Å². The number of carboxylic acids is 1. The molecular weight excluding hydrogens is 256 g/mol. The topological polar surface area (TPSA) is 75.1 Å². The lowest BCUT2D eigenvalue weighted by Gasteiger charge is -2.07. The second-order valence-electron chi connectivity index (χ2n) is 5.48. The minimum Gasteiger partial charge on any atom is -0.478 e. The van der Waals surface area contributed by atoms with Gasteiger partial charge in [0.1, 0.15) is 0 Å². The van der Waals surface area contributed by atoms with E-state index in [2.05, 4.69) is 18.8 Å². The highest BCUT2D eigenvalue weighted by molar-refractivity contribution is 6.01. The number of nitrogens with zero attached hydrogens (tertiary/aromatic N) is 1. The van der Waals surface area contributed by atoms with Crippen molar-refractivity contribution in [1.29, 1.82) is 0 Å². The van der Waals surface area contributed by atoms with Gasteiger partial charge >= 0.3 is 11.7 Å². The van der Waals surface area contributed by atoms with Gasteiger partial charge in [0.15, 0.2) is 0 Å². The number of hydrogen-bond donors (Lipinski definition) is 2. The Morgan fingerprint density at radius 2 is 2.10 bits per heavy atom. The van der Waals surface area contributed by atoms with Crippen molar-refractivity contribution in [3.63, 3.8) is 0 Å². The quantitative estimate of drug-likeness (QED) is 0.797. The molecule has 0 bridgehead atoms. The summed E-state index contributed by atoms with van der Waals surface area (Å²) in [6.07, 6.45) is 3.02. The van der Waals surface area contributed by atoms with Crippen molar-refractivity contribution >= 4 is 17.0 Å². The van der Waals surface area contributed by atoms with Crippen LogP contribution in [0.3, 0.4) is 0 Å². The first kappa shape index (κ1) is 14.4. The molecule has 0 amide bonds. The van der Waals surface area contributed by atoms with Crippen LogP contribution in [0.25, 0.3) is 11.0 Å². The van der Waals surface area contributed by atoms with E-state index in [9.17, 15) is 14.7 Å². The molecule has 0 unspecified atom stereocenters. The summed E-state index contributed by atoms with van der Waals surface area (Å²) in [5.74, 6) is -0.366. The number of carboxylic acid groups (broad SMARTS) is 1. The van der Waals surface area contributed by atoms with Crippen LogP contribution in [-0.2, 0) is 6.54 Å². The second kappa shape index (κ2) is 5.94. The van der Waals surface area contributed by atoms with Crippen molar-refractivity contribution in [1.82, 2.24) is 9.55 Å². The number of aryl methyl sites for hydroxylation is 1. The summed E-state index contributed by atoms with van der Waals surface area (Å²) in [6, 6.07) is 4.90. The summed E-state index contributed by atoms with van der Waals surface area (Å²) in [7, 11) is 0. The third-order valence-corrected chi connectivity index (χ3v) is 3.44. The number of imidazole rings is 1. The van der Waals surface area contributed by atoms with Crippen LogP contribution in [0.2, 0.25) is 0 Å². The van der Waals surface area contributed by atoms with E-state index in [0.717, 1.165) is 19.3 Å². The molecule has 5 heteroatoms. The van der Waals surface area contributed by atoms with Gasteiger partial charge in [0.25, 0.3) is 0 Å². The minimum atomic E-state index is -1.01. The molecule has 0 aliphatic carbocycles. The Morgan fingerprint density at radius 1 is 1.35 bits per heavy atom. The third kappa shape index (κ3) is 2.92. The van der Waals surface area contributed by atoms with Gasteiger partial charge in [-0.05, 0) is 24.5 Å². The summed E-state index contributed by atoms with van der Waals surface area (Å²) in [5.41, 5.74) is 1.01. The van der Waals surface area contributed by atoms with Gasteiger partial charge in [-0.1, -0.05) is 32.8 Å². The summed E-state index contributed by atoms with van der Waals surface area (Å²) in [5, 5.41) is 9.23. The first-order valence-corrected chi connectivity index (χ1v) is 6.95. The molecule has 2 aromatic rings. The molecule has 0 saturated carbocycles. The molecule has 1 heterocycles. The predicted octanol–water partition coefficient (Wildman–Crippen LogP) is 2.85. The molecule has 0 saturated heterocycles. The molecule has 1 aromatic heterocycles. The largest absolute Gasteiger partial charge is 0.478 e. The number of aromatic amines is 1. The van der Waals surface area contributed by atoms with Crippen LogP contribution >= 0.6 is 0 Å². The average Bonchev–Trinajstić information content (AvgIpc) is 2.70. The number of nitrogens with one attached hydrogen (secondary N) is 1. The van der Waals surface area contributed by atoms with Gasteiger partial charge in [-0.15, -0.1) is 0 Å². The van der Waals surface area contributed by atoms with Crippen LogP contribution < -0.4 is 5.69 Å². The maximum atomic E-state index is 12.0. The van der Waals surface area contributed by atoms with E-state index in [-0.39, 0.29) is 11.3 Å². The summed E-state index contributed by atoms with van der Waals surface area (Å²) in [6.45, 7) is 4.89. The molecule has 0 spiro atoms. The third-order valence-electron chi connectivity index (χ3n) is 3.44. The number of aromatic carboxylic acids is 1. The lowest BCUT2D eigenvalue weighted by molar-refractivity contribution is 0.0698. The fourth-order valence-electron chi connectivity index (χ4n) is 2.43. The van der Waals surface area contributed by atoms with Gasteiger partial charge in [0.2, 0.25) is 0 Å². The van der Waals surface area contributed by atoms with Gasteiger partial charge in [-0.3, -0.25) is 4.57 Å². The van der Waals surface area contributed by atoms with Crippen LogP contribution in [0.5, 0.6) is 0 Å². The van der Waals surface area contributed by atoms with Gasteiger partial charge in [-0.2, -0.15) is 0 Å². The van der Waals surface area contributed by atoms with Gasteiger partial charge in [0.05, 0.1) is 16.6 Å². The molecule has 1 aromatic carbocycles. The zero-order valence-electron chi connectivity index (χ0n) is 11.8. The number of para-hydroxylation sites is 1. The van der Waals surface area contributed by atoms with Crippen molar-refractivity contribution in [3.8, 4) is 0 Å². The zero-order valence-corrected chi connectivity index (χ0v) is 11.8. The molecule has 108 valence electrons. The molecule has 5 nitrogen and oxygen atoms in total. The standard InChI is InChI=1S/C15H20N2O3/c1-10(2)6-3-4-9-17-13-11(14(18)19)7-5-8-12(13)16-15(17)20/h5,7-8,10H,3-4,6,9H2,1-2H3,(H,16,20)(H,18,19). The predicted molar refractivity (Wildman–Crippen MR) is 78.2 cm³/mol.